The number of carbonyl (C=O) groups excluding carboxylic acids is 1. The van der Waals surface area contributed by atoms with Crippen LogP contribution in [0.4, 0.5) is 0 Å². The lowest BCUT2D eigenvalue weighted by Crippen LogP contribution is -2.31. The van der Waals surface area contributed by atoms with Crippen LogP contribution in [-0.4, -0.2) is 41.2 Å². The third-order valence-corrected chi connectivity index (χ3v) is 3.91. The smallest absolute Gasteiger partial charge is 0.274 e. The number of aromatic amines is 1. The predicted molar refractivity (Wildman–Crippen MR) is 94.9 cm³/mol. The van der Waals surface area contributed by atoms with E-state index in [9.17, 15) is 4.79 Å². The molecule has 0 unspecified atom stereocenters. The average molecular weight is 360 g/mol. The van der Waals surface area contributed by atoms with Crippen molar-refractivity contribution in [2.45, 2.75) is 6.92 Å². The van der Waals surface area contributed by atoms with Crippen molar-refractivity contribution in [3.63, 3.8) is 0 Å². The summed E-state index contributed by atoms with van der Waals surface area (Å²) in [5, 5.41) is 7.54. The Kier molecular flexibility index (Phi) is 5.09. The monoisotopic (exact) mass is 359 g/mol. The van der Waals surface area contributed by atoms with Crippen LogP contribution in [0.2, 0.25) is 5.02 Å². The van der Waals surface area contributed by atoms with Crippen molar-refractivity contribution in [3.8, 4) is 17.2 Å². The van der Waals surface area contributed by atoms with E-state index in [1.807, 2.05) is 19.1 Å². The van der Waals surface area contributed by atoms with Gasteiger partial charge < -0.3 is 14.1 Å². The molecule has 0 saturated carbocycles. The first kappa shape index (κ1) is 17.1. The van der Waals surface area contributed by atoms with Gasteiger partial charge in [0, 0.05) is 18.1 Å². The number of carbonyl (C=O) groups is 1. The van der Waals surface area contributed by atoms with Gasteiger partial charge in [0.25, 0.3) is 5.91 Å². The molecule has 2 heterocycles. The van der Waals surface area contributed by atoms with Gasteiger partial charge in [0.05, 0.1) is 6.54 Å². The topological polar surface area (TPSA) is 71.4 Å². The molecule has 1 N–H and O–H groups in total. The van der Waals surface area contributed by atoms with E-state index in [1.54, 1.807) is 42.3 Å². The largest absolute Gasteiger partial charge is 0.492 e. The zero-order valence-electron chi connectivity index (χ0n) is 14.0. The number of aryl methyl sites for hydroxylation is 1. The molecule has 0 fully saturated rings. The average Bonchev–Trinajstić information content (AvgIpc) is 3.24. The van der Waals surface area contributed by atoms with E-state index in [1.165, 1.54) is 0 Å². The van der Waals surface area contributed by atoms with Crippen LogP contribution in [0.15, 0.2) is 46.9 Å². The molecule has 2 aromatic heterocycles. The van der Waals surface area contributed by atoms with Crippen LogP contribution in [-0.2, 0) is 0 Å². The number of H-pyrrole nitrogens is 1. The fourth-order valence-electron chi connectivity index (χ4n) is 2.27. The molecule has 130 valence electrons. The van der Waals surface area contributed by atoms with Gasteiger partial charge >= 0.3 is 0 Å². The molecule has 1 amide bonds. The summed E-state index contributed by atoms with van der Waals surface area (Å²) in [7, 11) is 1.71. The number of aromatic nitrogens is 2. The number of ether oxygens (including phenoxy) is 1. The standard InChI is InChI=1S/C18H18ClN3O3/c1-12-3-8-17(25-12)15-11-16(21-20-15)18(23)22(2)9-10-24-14-6-4-13(19)5-7-14/h3-8,11H,9-10H2,1-2H3,(H,20,21). The first-order valence-corrected chi connectivity index (χ1v) is 8.17. The summed E-state index contributed by atoms with van der Waals surface area (Å²) < 4.78 is 11.1. The van der Waals surface area contributed by atoms with Crippen molar-refractivity contribution in [3.05, 3.63) is 58.9 Å². The Morgan fingerprint density at radius 2 is 2.04 bits per heavy atom. The Labute approximate surface area is 150 Å². The van der Waals surface area contributed by atoms with Gasteiger partial charge in [-0.2, -0.15) is 5.10 Å². The number of benzene rings is 1. The molecule has 0 aliphatic rings. The number of nitrogens with zero attached hydrogens (tertiary/aromatic N) is 2. The lowest BCUT2D eigenvalue weighted by atomic mass is 10.3. The first-order chi connectivity index (χ1) is 12.0. The summed E-state index contributed by atoms with van der Waals surface area (Å²) >= 11 is 5.83. The van der Waals surface area contributed by atoms with E-state index in [2.05, 4.69) is 10.2 Å². The van der Waals surface area contributed by atoms with Gasteiger partial charge in [-0.25, -0.2) is 0 Å². The van der Waals surface area contributed by atoms with Crippen molar-refractivity contribution in [2.75, 3.05) is 20.2 Å². The number of amides is 1. The Bertz CT molecular complexity index is 855. The first-order valence-electron chi connectivity index (χ1n) is 7.79. The van der Waals surface area contributed by atoms with E-state index in [0.717, 1.165) is 5.76 Å². The van der Waals surface area contributed by atoms with Crippen LogP contribution in [0.25, 0.3) is 11.5 Å². The maximum Gasteiger partial charge on any atom is 0.274 e. The lowest BCUT2D eigenvalue weighted by Gasteiger charge is -2.16. The minimum atomic E-state index is -0.189. The van der Waals surface area contributed by atoms with Gasteiger partial charge in [-0.15, -0.1) is 0 Å². The predicted octanol–water partition coefficient (Wildman–Crippen LogP) is 3.78. The Hall–Kier alpha value is -2.73. The number of nitrogens with one attached hydrogen (secondary N) is 1. The Morgan fingerprint density at radius 1 is 1.28 bits per heavy atom. The van der Waals surface area contributed by atoms with Gasteiger partial charge in [-0.1, -0.05) is 11.6 Å². The molecular formula is C18H18ClN3O3. The molecule has 0 aliphatic heterocycles. The Balaban J connectivity index is 1.55. The third kappa shape index (κ3) is 4.22. The van der Waals surface area contributed by atoms with Crippen LogP contribution < -0.4 is 4.74 Å². The highest BCUT2D eigenvalue weighted by molar-refractivity contribution is 6.30. The minimum Gasteiger partial charge on any atom is -0.492 e. The molecule has 0 saturated heterocycles. The number of halogens is 1. The molecule has 0 aliphatic carbocycles. The molecule has 1 aromatic carbocycles. The summed E-state index contributed by atoms with van der Waals surface area (Å²) in [5.74, 6) is 1.97. The van der Waals surface area contributed by atoms with Crippen LogP contribution in [0.3, 0.4) is 0 Å². The summed E-state index contributed by atoms with van der Waals surface area (Å²) in [6.07, 6.45) is 0. The zero-order valence-corrected chi connectivity index (χ0v) is 14.7. The molecule has 0 bridgehead atoms. The number of rotatable bonds is 6. The second-order valence-corrected chi connectivity index (χ2v) is 6.04. The van der Waals surface area contributed by atoms with Crippen LogP contribution in [0, 0.1) is 6.92 Å². The molecule has 6 nitrogen and oxygen atoms in total. The number of hydrogen-bond acceptors (Lipinski definition) is 4. The Morgan fingerprint density at radius 3 is 2.72 bits per heavy atom. The summed E-state index contributed by atoms with van der Waals surface area (Å²) in [6, 6.07) is 12.5. The quantitative estimate of drug-likeness (QED) is 0.727. The molecule has 7 heteroatoms. The van der Waals surface area contributed by atoms with Crippen molar-refractivity contribution >= 4 is 17.5 Å². The van der Waals surface area contributed by atoms with E-state index in [4.69, 9.17) is 20.8 Å². The van der Waals surface area contributed by atoms with Gasteiger partial charge in [-0.05, 0) is 43.3 Å². The summed E-state index contributed by atoms with van der Waals surface area (Å²) in [4.78, 5) is 14.0. The summed E-state index contributed by atoms with van der Waals surface area (Å²) in [6.45, 7) is 2.67. The van der Waals surface area contributed by atoms with Gasteiger partial charge in [0.15, 0.2) is 11.5 Å². The van der Waals surface area contributed by atoms with Crippen LogP contribution >= 0.6 is 11.6 Å². The highest BCUT2D eigenvalue weighted by atomic mass is 35.5. The SMILES string of the molecule is Cc1ccc(-c2cc(C(=O)N(C)CCOc3ccc(Cl)cc3)n[nH]2)o1. The van der Waals surface area contributed by atoms with Gasteiger partial charge in [0.2, 0.25) is 0 Å². The lowest BCUT2D eigenvalue weighted by molar-refractivity contribution is 0.0768. The maximum atomic E-state index is 12.4. The van der Waals surface area contributed by atoms with Gasteiger partial charge in [0.1, 0.15) is 23.8 Å². The fraction of sp³-hybridized carbons (Fsp3) is 0.222. The number of likely N-dealkylation sites (N-methyl/N-ethyl adjacent to an activating group) is 1. The zero-order chi connectivity index (χ0) is 17.8. The molecule has 3 aromatic rings. The molecular weight excluding hydrogens is 342 g/mol. The number of furan rings is 1. The van der Waals surface area contributed by atoms with E-state index in [-0.39, 0.29) is 5.91 Å². The van der Waals surface area contributed by atoms with E-state index < -0.39 is 0 Å². The van der Waals surface area contributed by atoms with Gasteiger partial charge in [-0.3, -0.25) is 9.89 Å². The molecule has 25 heavy (non-hydrogen) atoms. The fourth-order valence-corrected chi connectivity index (χ4v) is 2.39. The van der Waals surface area contributed by atoms with E-state index >= 15 is 0 Å². The second kappa shape index (κ2) is 7.44. The summed E-state index contributed by atoms with van der Waals surface area (Å²) in [5.41, 5.74) is 1.00. The van der Waals surface area contributed by atoms with Crippen molar-refractivity contribution < 1.29 is 13.9 Å². The van der Waals surface area contributed by atoms with Crippen molar-refractivity contribution in [1.29, 1.82) is 0 Å². The normalized spacial score (nSPS) is 10.7. The van der Waals surface area contributed by atoms with Crippen molar-refractivity contribution in [2.24, 2.45) is 0 Å². The second-order valence-electron chi connectivity index (χ2n) is 5.61. The van der Waals surface area contributed by atoms with E-state index in [0.29, 0.717) is 41.1 Å². The maximum absolute atomic E-state index is 12.4. The van der Waals surface area contributed by atoms with Crippen molar-refractivity contribution in [1.82, 2.24) is 15.1 Å². The molecule has 3 rings (SSSR count). The molecule has 0 atom stereocenters. The van der Waals surface area contributed by atoms with Crippen LogP contribution in [0.5, 0.6) is 5.75 Å². The number of hydrogen-bond donors (Lipinski definition) is 1. The molecule has 0 radical (unpaired) electrons. The highest BCUT2D eigenvalue weighted by Gasteiger charge is 2.17. The van der Waals surface area contributed by atoms with Crippen LogP contribution in [0.1, 0.15) is 16.2 Å². The molecule has 0 spiro atoms. The third-order valence-electron chi connectivity index (χ3n) is 3.66. The minimum absolute atomic E-state index is 0.189. The highest BCUT2D eigenvalue weighted by Crippen LogP contribution is 2.20.